The summed E-state index contributed by atoms with van der Waals surface area (Å²) in [5, 5.41) is 9.44. The second-order valence-electron chi connectivity index (χ2n) is 5.33. The summed E-state index contributed by atoms with van der Waals surface area (Å²) in [7, 11) is 0. The first-order valence-electron chi connectivity index (χ1n) is 7.24. The maximum atomic E-state index is 6.33. The van der Waals surface area contributed by atoms with Crippen molar-refractivity contribution in [3.8, 4) is 0 Å². The van der Waals surface area contributed by atoms with Crippen molar-refractivity contribution in [1.29, 1.82) is 0 Å². The summed E-state index contributed by atoms with van der Waals surface area (Å²) in [5.74, 6) is 0. The Morgan fingerprint density at radius 3 is 2.38 bits per heavy atom. The van der Waals surface area contributed by atoms with Crippen molar-refractivity contribution in [1.82, 2.24) is 15.1 Å². The fourth-order valence-electron chi connectivity index (χ4n) is 2.35. The minimum Gasteiger partial charge on any atom is -0.310 e. The van der Waals surface area contributed by atoms with E-state index in [-0.39, 0.29) is 6.04 Å². The first-order chi connectivity index (χ1) is 10.0. The number of hydrogen-bond donors (Lipinski definition) is 1. The lowest BCUT2D eigenvalue weighted by Gasteiger charge is -2.20. The maximum Gasteiger partial charge on any atom is 0.0643 e. The zero-order valence-corrected chi connectivity index (χ0v) is 14.1. The van der Waals surface area contributed by atoms with E-state index in [1.54, 1.807) is 0 Å². The summed E-state index contributed by atoms with van der Waals surface area (Å²) in [6, 6.07) is 8.09. The molecule has 0 aliphatic rings. The molecule has 0 amide bonds. The quantitative estimate of drug-likeness (QED) is 0.836. The normalized spacial score (nSPS) is 12.9. The summed E-state index contributed by atoms with van der Waals surface area (Å²) in [5.41, 5.74) is 1.98. The van der Waals surface area contributed by atoms with Gasteiger partial charge in [0.15, 0.2) is 0 Å². The highest BCUT2D eigenvalue weighted by Crippen LogP contribution is 2.32. The molecule has 1 atom stereocenters. The third kappa shape index (κ3) is 4.00. The standard InChI is InChI=1S/C16H21Cl2N3/c1-4-19-15(16-13(17)6-5-7-14(16)18)10-12-8-9-21(20-12)11(2)3/h5-9,11,15,19H,4,10H2,1-3H3. The minimum atomic E-state index is 0.0618. The molecule has 1 heterocycles. The molecule has 0 aliphatic carbocycles. The van der Waals surface area contributed by atoms with Crippen LogP contribution in [-0.2, 0) is 6.42 Å². The molecule has 21 heavy (non-hydrogen) atoms. The molecule has 0 radical (unpaired) electrons. The Labute approximate surface area is 136 Å². The Balaban J connectivity index is 2.26. The van der Waals surface area contributed by atoms with Gasteiger partial charge in [0.1, 0.15) is 0 Å². The van der Waals surface area contributed by atoms with Gasteiger partial charge in [0.25, 0.3) is 0 Å². The van der Waals surface area contributed by atoms with Gasteiger partial charge < -0.3 is 5.32 Å². The summed E-state index contributed by atoms with van der Waals surface area (Å²) in [4.78, 5) is 0. The summed E-state index contributed by atoms with van der Waals surface area (Å²) < 4.78 is 1.96. The van der Waals surface area contributed by atoms with Crippen LogP contribution >= 0.6 is 23.2 Å². The van der Waals surface area contributed by atoms with Crippen LogP contribution in [0.15, 0.2) is 30.5 Å². The first-order valence-corrected chi connectivity index (χ1v) is 7.99. The Bertz CT molecular complexity index is 573. The summed E-state index contributed by atoms with van der Waals surface area (Å²) >= 11 is 12.7. The largest absolute Gasteiger partial charge is 0.310 e. The van der Waals surface area contributed by atoms with Gasteiger partial charge in [-0.1, -0.05) is 36.2 Å². The van der Waals surface area contributed by atoms with E-state index in [1.165, 1.54) is 0 Å². The number of nitrogens with one attached hydrogen (secondary N) is 1. The van der Waals surface area contributed by atoms with E-state index < -0.39 is 0 Å². The van der Waals surface area contributed by atoms with E-state index in [9.17, 15) is 0 Å². The fourth-order valence-corrected chi connectivity index (χ4v) is 3.01. The minimum absolute atomic E-state index is 0.0618. The molecule has 0 spiro atoms. The number of benzene rings is 1. The molecule has 5 heteroatoms. The van der Waals surface area contributed by atoms with Gasteiger partial charge in [0.2, 0.25) is 0 Å². The van der Waals surface area contributed by atoms with E-state index in [2.05, 4.69) is 37.3 Å². The van der Waals surface area contributed by atoms with Gasteiger partial charge in [-0.25, -0.2) is 0 Å². The highest BCUT2D eigenvalue weighted by molar-refractivity contribution is 6.36. The van der Waals surface area contributed by atoms with Gasteiger partial charge in [-0.2, -0.15) is 5.10 Å². The smallest absolute Gasteiger partial charge is 0.0643 e. The molecule has 0 saturated heterocycles. The van der Waals surface area contributed by atoms with Crippen LogP contribution in [0, 0.1) is 0 Å². The van der Waals surface area contributed by atoms with Crippen LogP contribution in [0.4, 0.5) is 0 Å². The topological polar surface area (TPSA) is 29.9 Å². The third-order valence-corrected chi connectivity index (χ3v) is 4.06. The lowest BCUT2D eigenvalue weighted by molar-refractivity contribution is 0.506. The summed E-state index contributed by atoms with van der Waals surface area (Å²) in [6.45, 7) is 7.15. The molecule has 0 bridgehead atoms. The van der Waals surface area contributed by atoms with Crippen LogP contribution in [-0.4, -0.2) is 16.3 Å². The van der Waals surface area contributed by atoms with Crippen molar-refractivity contribution in [3.63, 3.8) is 0 Å². The molecule has 0 fully saturated rings. The second-order valence-corrected chi connectivity index (χ2v) is 6.14. The van der Waals surface area contributed by atoms with Gasteiger partial charge in [-0.3, -0.25) is 4.68 Å². The number of halogens is 2. The molecule has 1 N–H and O–H groups in total. The molecular weight excluding hydrogens is 305 g/mol. The van der Waals surface area contributed by atoms with Crippen molar-refractivity contribution in [2.75, 3.05) is 6.54 Å². The number of hydrogen-bond acceptors (Lipinski definition) is 2. The van der Waals surface area contributed by atoms with Crippen molar-refractivity contribution < 1.29 is 0 Å². The van der Waals surface area contributed by atoms with E-state index in [4.69, 9.17) is 23.2 Å². The van der Waals surface area contributed by atoms with E-state index in [0.29, 0.717) is 16.1 Å². The average molecular weight is 326 g/mol. The van der Waals surface area contributed by atoms with Crippen molar-refractivity contribution in [2.24, 2.45) is 0 Å². The molecule has 1 aromatic carbocycles. The van der Waals surface area contributed by atoms with Gasteiger partial charge in [0, 0.05) is 40.3 Å². The predicted octanol–water partition coefficient (Wildman–Crippen LogP) is 4.66. The number of likely N-dealkylation sites (N-methyl/N-ethyl adjacent to an activating group) is 1. The lowest BCUT2D eigenvalue weighted by atomic mass is 10.0. The number of nitrogens with zero attached hydrogens (tertiary/aromatic N) is 2. The highest BCUT2D eigenvalue weighted by atomic mass is 35.5. The Morgan fingerprint density at radius 1 is 1.19 bits per heavy atom. The number of aromatic nitrogens is 2. The summed E-state index contributed by atoms with van der Waals surface area (Å²) in [6.07, 6.45) is 2.77. The zero-order valence-electron chi connectivity index (χ0n) is 12.6. The van der Waals surface area contributed by atoms with Crippen LogP contribution in [0.25, 0.3) is 0 Å². The van der Waals surface area contributed by atoms with Gasteiger partial charge >= 0.3 is 0 Å². The van der Waals surface area contributed by atoms with Gasteiger partial charge in [-0.15, -0.1) is 0 Å². The second kappa shape index (κ2) is 7.30. The van der Waals surface area contributed by atoms with Crippen molar-refractivity contribution in [2.45, 2.75) is 39.3 Å². The SMILES string of the molecule is CCNC(Cc1ccn(C(C)C)n1)c1c(Cl)cccc1Cl. The van der Waals surface area contributed by atoms with Crippen LogP contribution in [0.1, 0.15) is 44.1 Å². The van der Waals surface area contributed by atoms with E-state index in [0.717, 1.165) is 24.2 Å². The van der Waals surface area contributed by atoms with E-state index in [1.807, 2.05) is 29.1 Å². The van der Waals surface area contributed by atoms with Crippen molar-refractivity contribution in [3.05, 3.63) is 51.8 Å². The third-order valence-electron chi connectivity index (χ3n) is 3.40. The molecule has 0 aliphatic heterocycles. The first kappa shape index (κ1) is 16.3. The lowest BCUT2D eigenvalue weighted by Crippen LogP contribution is -2.24. The zero-order chi connectivity index (χ0) is 15.4. The molecule has 0 saturated carbocycles. The monoisotopic (exact) mass is 325 g/mol. The fraction of sp³-hybridized carbons (Fsp3) is 0.438. The molecular formula is C16H21Cl2N3. The molecule has 114 valence electrons. The molecule has 3 nitrogen and oxygen atoms in total. The Hall–Kier alpha value is -1.03. The van der Waals surface area contributed by atoms with E-state index >= 15 is 0 Å². The van der Waals surface area contributed by atoms with Crippen LogP contribution in [0.3, 0.4) is 0 Å². The highest BCUT2D eigenvalue weighted by Gasteiger charge is 2.19. The Morgan fingerprint density at radius 2 is 1.86 bits per heavy atom. The molecule has 2 aromatic rings. The molecule has 2 rings (SSSR count). The van der Waals surface area contributed by atoms with Crippen LogP contribution in [0.5, 0.6) is 0 Å². The Kier molecular flexibility index (Phi) is 5.68. The average Bonchev–Trinajstić information content (AvgIpc) is 2.87. The van der Waals surface area contributed by atoms with Crippen LogP contribution in [0.2, 0.25) is 10.0 Å². The maximum absolute atomic E-state index is 6.33. The predicted molar refractivity (Wildman–Crippen MR) is 89.2 cm³/mol. The van der Waals surface area contributed by atoms with Crippen LogP contribution < -0.4 is 5.32 Å². The molecule has 1 aromatic heterocycles. The number of rotatable bonds is 6. The van der Waals surface area contributed by atoms with Crippen molar-refractivity contribution >= 4 is 23.2 Å². The molecule has 1 unspecified atom stereocenters. The van der Waals surface area contributed by atoms with Gasteiger partial charge in [0.05, 0.1) is 5.69 Å². The van der Waals surface area contributed by atoms with Gasteiger partial charge in [-0.05, 0) is 38.6 Å².